The Morgan fingerprint density at radius 3 is 2.41 bits per heavy atom. The molecule has 0 atom stereocenters. The molecule has 6 heteroatoms. The lowest BCUT2D eigenvalue weighted by molar-refractivity contribution is 0.301. The Bertz CT molecular complexity index is 655. The van der Waals surface area contributed by atoms with Crippen LogP contribution < -0.4 is 5.32 Å². The third-order valence-corrected chi connectivity index (χ3v) is 9.12. The number of anilines is 1. The molecule has 0 fully saturated rings. The number of hydrogen-bond donors (Lipinski definition) is 1. The van der Waals surface area contributed by atoms with Crippen molar-refractivity contribution >= 4 is 36.5 Å². The van der Waals surface area contributed by atoms with Crippen molar-refractivity contribution in [1.82, 2.24) is 10.2 Å². The molecule has 0 unspecified atom stereocenters. The molecule has 1 aromatic carbocycles. The monoisotopic (exact) mass is 337 g/mol. The Balaban J connectivity index is 2.00. The number of nitrogens with zero attached hydrogens (tertiary/aromatic N) is 2. The van der Waals surface area contributed by atoms with Gasteiger partial charge in [0.05, 0.1) is 6.61 Å². The van der Waals surface area contributed by atoms with Crippen molar-refractivity contribution < 1.29 is 4.43 Å². The number of rotatable bonds is 5. The van der Waals surface area contributed by atoms with Crippen LogP contribution >= 0.6 is 11.6 Å². The van der Waals surface area contributed by atoms with E-state index in [2.05, 4.69) is 49.4 Å². The predicted octanol–water partition coefficient (Wildman–Crippen LogP) is 4.72. The zero-order chi connectivity index (χ0) is 16.4. The molecule has 0 saturated carbocycles. The average Bonchev–Trinajstić information content (AvgIpc) is 2.45. The second-order valence-corrected chi connectivity index (χ2v) is 12.1. The molecule has 0 radical (unpaired) electrons. The Kier molecular flexibility index (Phi) is 5.09. The van der Waals surface area contributed by atoms with Crippen LogP contribution in [0.15, 0.2) is 24.3 Å². The molecule has 1 N–H and O–H groups in total. The summed E-state index contributed by atoms with van der Waals surface area (Å²) < 4.78 is 6.15. The molecule has 2 aromatic rings. The SMILES string of the molecule is CC(C)(C)[Si](C)(C)OCCNc1nnc(Cl)c2ccccc12. The van der Waals surface area contributed by atoms with E-state index in [0.29, 0.717) is 18.3 Å². The molecule has 0 spiro atoms. The van der Waals surface area contributed by atoms with Gasteiger partial charge >= 0.3 is 0 Å². The molecule has 0 aliphatic carbocycles. The fourth-order valence-corrected chi connectivity index (χ4v) is 3.14. The lowest BCUT2D eigenvalue weighted by atomic mass is 10.2. The maximum absolute atomic E-state index is 6.15. The van der Waals surface area contributed by atoms with E-state index in [4.69, 9.17) is 16.0 Å². The summed E-state index contributed by atoms with van der Waals surface area (Å²) in [5, 5.41) is 14.0. The number of fused-ring (bicyclic) bond motifs is 1. The molecular formula is C16H24ClN3OSi. The van der Waals surface area contributed by atoms with Crippen LogP contribution in [0.25, 0.3) is 10.8 Å². The zero-order valence-corrected chi connectivity index (χ0v) is 15.7. The summed E-state index contributed by atoms with van der Waals surface area (Å²) in [5.74, 6) is 0.749. The van der Waals surface area contributed by atoms with Gasteiger partial charge in [-0.15, -0.1) is 10.2 Å². The minimum absolute atomic E-state index is 0.222. The average molecular weight is 338 g/mol. The number of aromatic nitrogens is 2. The summed E-state index contributed by atoms with van der Waals surface area (Å²) in [6.45, 7) is 12.6. The number of nitrogens with one attached hydrogen (secondary N) is 1. The fraction of sp³-hybridized carbons (Fsp3) is 0.500. The Hall–Kier alpha value is -1.17. The smallest absolute Gasteiger partial charge is 0.192 e. The Morgan fingerprint density at radius 2 is 1.77 bits per heavy atom. The van der Waals surface area contributed by atoms with Crippen LogP contribution in [0.1, 0.15) is 20.8 Å². The topological polar surface area (TPSA) is 47.0 Å². The number of hydrogen-bond acceptors (Lipinski definition) is 4. The minimum Gasteiger partial charge on any atom is -0.415 e. The molecule has 22 heavy (non-hydrogen) atoms. The van der Waals surface area contributed by atoms with Crippen LogP contribution in [0.5, 0.6) is 0 Å². The third-order valence-electron chi connectivity index (χ3n) is 4.31. The molecule has 1 aromatic heterocycles. The van der Waals surface area contributed by atoms with E-state index in [0.717, 1.165) is 16.6 Å². The second-order valence-electron chi connectivity index (χ2n) is 6.92. The number of halogens is 1. The highest BCUT2D eigenvalue weighted by Crippen LogP contribution is 2.36. The van der Waals surface area contributed by atoms with Crippen LogP contribution in [0.4, 0.5) is 5.82 Å². The minimum atomic E-state index is -1.70. The van der Waals surface area contributed by atoms with Crippen molar-refractivity contribution in [2.24, 2.45) is 0 Å². The predicted molar refractivity (Wildman–Crippen MR) is 96.2 cm³/mol. The molecule has 0 amide bonds. The van der Waals surface area contributed by atoms with Gasteiger partial charge in [0.15, 0.2) is 19.3 Å². The maximum atomic E-state index is 6.15. The summed E-state index contributed by atoms with van der Waals surface area (Å²) >= 11 is 6.08. The highest BCUT2D eigenvalue weighted by molar-refractivity contribution is 6.74. The van der Waals surface area contributed by atoms with E-state index < -0.39 is 8.32 Å². The van der Waals surface area contributed by atoms with Crippen molar-refractivity contribution in [3.05, 3.63) is 29.4 Å². The van der Waals surface area contributed by atoms with Gasteiger partial charge in [-0.1, -0.05) is 56.6 Å². The van der Waals surface area contributed by atoms with Gasteiger partial charge < -0.3 is 9.74 Å². The molecule has 4 nitrogen and oxygen atoms in total. The summed E-state index contributed by atoms with van der Waals surface area (Å²) in [5.41, 5.74) is 0. The Labute approximate surface area is 138 Å². The van der Waals surface area contributed by atoms with Gasteiger partial charge in [0.25, 0.3) is 0 Å². The first kappa shape index (κ1) is 17.2. The molecule has 2 rings (SSSR count). The molecular weight excluding hydrogens is 314 g/mol. The second kappa shape index (κ2) is 6.52. The first-order valence-corrected chi connectivity index (χ1v) is 10.8. The lowest BCUT2D eigenvalue weighted by Crippen LogP contribution is -2.41. The van der Waals surface area contributed by atoms with Gasteiger partial charge in [0, 0.05) is 17.3 Å². The first-order chi connectivity index (χ1) is 10.2. The standard InChI is InChI=1S/C16H24ClN3OSi/c1-16(2,3)22(4,5)21-11-10-18-15-13-9-7-6-8-12(13)14(17)19-20-15/h6-9H,10-11H2,1-5H3,(H,18,20). The number of benzene rings is 1. The Morgan fingerprint density at radius 1 is 1.14 bits per heavy atom. The van der Waals surface area contributed by atoms with E-state index in [-0.39, 0.29) is 5.04 Å². The molecule has 0 saturated heterocycles. The summed E-state index contributed by atoms with van der Waals surface area (Å²) in [7, 11) is -1.70. The van der Waals surface area contributed by atoms with Gasteiger partial charge in [0.2, 0.25) is 0 Å². The van der Waals surface area contributed by atoms with E-state index in [9.17, 15) is 0 Å². The van der Waals surface area contributed by atoms with Crippen LogP contribution in [-0.2, 0) is 4.43 Å². The van der Waals surface area contributed by atoms with Gasteiger partial charge in [0.1, 0.15) is 0 Å². The molecule has 1 heterocycles. The molecule has 0 aliphatic rings. The third kappa shape index (κ3) is 3.77. The molecule has 0 aliphatic heterocycles. The summed E-state index contributed by atoms with van der Waals surface area (Å²) in [6.07, 6.45) is 0. The van der Waals surface area contributed by atoms with E-state index in [1.54, 1.807) is 0 Å². The molecule has 120 valence electrons. The van der Waals surface area contributed by atoms with Gasteiger partial charge in [-0.3, -0.25) is 0 Å². The van der Waals surface area contributed by atoms with Gasteiger partial charge in [-0.05, 0) is 18.1 Å². The highest BCUT2D eigenvalue weighted by Gasteiger charge is 2.36. The van der Waals surface area contributed by atoms with Crippen LogP contribution in [0, 0.1) is 0 Å². The summed E-state index contributed by atoms with van der Waals surface area (Å²) in [6, 6.07) is 7.86. The normalized spacial score (nSPS) is 12.6. The highest BCUT2D eigenvalue weighted by atomic mass is 35.5. The maximum Gasteiger partial charge on any atom is 0.192 e. The van der Waals surface area contributed by atoms with Gasteiger partial charge in [-0.2, -0.15) is 0 Å². The zero-order valence-electron chi connectivity index (χ0n) is 13.9. The van der Waals surface area contributed by atoms with Crippen molar-refractivity contribution in [3.8, 4) is 0 Å². The van der Waals surface area contributed by atoms with E-state index >= 15 is 0 Å². The van der Waals surface area contributed by atoms with E-state index in [1.165, 1.54) is 0 Å². The van der Waals surface area contributed by atoms with Crippen molar-refractivity contribution in [2.45, 2.75) is 38.9 Å². The fourth-order valence-electron chi connectivity index (χ4n) is 1.89. The van der Waals surface area contributed by atoms with Crippen LogP contribution in [-0.4, -0.2) is 31.7 Å². The molecule has 0 bridgehead atoms. The van der Waals surface area contributed by atoms with Crippen molar-refractivity contribution in [2.75, 3.05) is 18.5 Å². The van der Waals surface area contributed by atoms with Crippen LogP contribution in [0.2, 0.25) is 23.3 Å². The van der Waals surface area contributed by atoms with Crippen molar-refractivity contribution in [1.29, 1.82) is 0 Å². The first-order valence-electron chi connectivity index (χ1n) is 7.51. The van der Waals surface area contributed by atoms with Crippen LogP contribution in [0.3, 0.4) is 0 Å². The van der Waals surface area contributed by atoms with Gasteiger partial charge in [-0.25, -0.2) is 0 Å². The largest absolute Gasteiger partial charge is 0.415 e. The quantitative estimate of drug-likeness (QED) is 0.633. The van der Waals surface area contributed by atoms with Crippen molar-refractivity contribution in [3.63, 3.8) is 0 Å². The van der Waals surface area contributed by atoms with E-state index in [1.807, 2.05) is 24.3 Å². The summed E-state index contributed by atoms with van der Waals surface area (Å²) in [4.78, 5) is 0. The lowest BCUT2D eigenvalue weighted by Gasteiger charge is -2.36.